The third-order valence-electron chi connectivity index (χ3n) is 5.28. The van der Waals surface area contributed by atoms with Gasteiger partial charge in [0, 0.05) is 19.2 Å². The first-order valence-corrected chi connectivity index (χ1v) is 11.7. The molecular weight excluding hydrogens is 422 g/mol. The summed E-state index contributed by atoms with van der Waals surface area (Å²) in [4.78, 5) is 12.5. The maximum Gasteiger partial charge on any atom is 0.309 e. The number of sulfonamides is 1. The summed E-state index contributed by atoms with van der Waals surface area (Å²) in [6.45, 7) is 1.78. The molecule has 0 aromatic heterocycles. The first-order chi connectivity index (χ1) is 15.0. The van der Waals surface area contributed by atoms with Crippen molar-refractivity contribution in [3.63, 3.8) is 0 Å². The molecule has 8 nitrogen and oxygen atoms in total. The quantitative estimate of drug-likeness (QED) is 0.476. The van der Waals surface area contributed by atoms with Crippen LogP contribution in [0, 0.1) is 5.92 Å². The molecule has 1 fully saturated rings. The number of para-hydroxylation sites is 1. The SMILES string of the molecule is O=C(OCCOc1ccccc1)C1CCN(S(=O)(=O)c2ccc3c(c2)OCCO3)CC1. The van der Waals surface area contributed by atoms with Gasteiger partial charge in [0.1, 0.15) is 32.2 Å². The maximum absolute atomic E-state index is 13.0. The van der Waals surface area contributed by atoms with Crippen LogP contribution >= 0.6 is 0 Å². The van der Waals surface area contributed by atoms with Crippen molar-refractivity contribution in [1.29, 1.82) is 0 Å². The minimum Gasteiger partial charge on any atom is -0.490 e. The Kier molecular flexibility index (Phi) is 6.62. The van der Waals surface area contributed by atoms with Crippen molar-refractivity contribution < 1.29 is 32.2 Å². The second-order valence-corrected chi connectivity index (χ2v) is 9.25. The third kappa shape index (κ3) is 5.11. The number of hydrogen-bond donors (Lipinski definition) is 0. The first-order valence-electron chi connectivity index (χ1n) is 10.3. The molecule has 0 spiro atoms. The zero-order valence-electron chi connectivity index (χ0n) is 17.1. The molecule has 0 atom stereocenters. The Morgan fingerprint density at radius 2 is 1.68 bits per heavy atom. The Morgan fingerprint density at radius 1 is 0.968 bits per heavy atom. The highest BCUT2D eigenvalue weighted by Gasteiger charge is 2.33. The highest BCUT2D eigenvalue weighted by Crippen LogP contribution is 2.34. The van der Waals surface area contributed by atoms with Crippen molar-refractivity contribution >= 4 is 16.0 Å². The summed E-state index contributed by atoms with van der Waals surface area (Å²) < 4.78 is 49.1. The van der Waals surface area contributed by atoms with Crippen LogP contribution in [0.25, 0.3) is 0 Å². The Hall–Kier alpha value is -2.78. The molecule has 4 rings (SSSR count). The molecule has 0 unspecified atom stereocenters. The van der Waals surface area contributed by atoms with Crippen LogP contribution in [0.1, 0.15) is 12.8 Å². The van der Waals surface area contributed by atoms with E-state index in [9.17, 15) is 13.2 Å². The molecule has 0 aliphatic carbocycles. The maximum atomic E-state index is 13.0. The molecule has 2 heterocycles. The van der Waals surface area contributed by atoms with Gasteiger partial charge >= 0.3 is 5.97 Å². The first kappa shape index (κ1) is 21.5. The van der Waals surface area contributed by atoms with Crippen LogP contribution in [0.4, 0.5) is 0 Å². The second kappa shape index (κ2) is 9.57. The van der Waals surface area contributed by atoms with Gasteiger partial charge in [-0.15, -0.1) is 0 Å². The molecule has 166 valence electrons. The fourth-order valence-electron chi connectivity index (χ4n) is 3.60. The van der Waals surface area contributed by atoms with E-state index < -0.39 is 10.0 Å². The number of rotatable bonds is 7. The van der Waals surface area contributed by atoms with E-state index >= 15 is 0 Å². The van der Waals surface area contributed by atoms with Crippen LogP contribution < -0.4 is 14.2 Å². The smallest absolute Gasteiger partial charge is 0.309 e. The summed E-state index contributed by atoms with van der Waals surface area (Å²) in [6.07, 6.45) is 0.838. The lowest BCUT2D eigenvalue weighted by Crippen LogP contribution is -2.40. The van der Waals surface area contributed by atoms with Crippen molar-refractivity contribution in [2.24, 2.45) is 5.92 Å². The number of benzene rings is 2. The number of fused-ring (bicyclic) bond motifs is 1. The molecule has 2 aromatic rings. The summed E-state index contributed by atoms with van der Waals surface area (Å²) >= 11 is 0. The van der Waals surface area contributed by atoms with Crippen molar-refractivity contribution in [3.05, 3.63) is 48.5 Å². The number of piperidine rings is 1. The lowest BCUT2D eigenvalue weighted by Gasteiger charge is -2.30. The van der Waals surface area contributed by atoms with Gasteiger partial charge in [-0.25, -0.2) is 8.42 Å². The highest BCUT2D eigenvalue weighted by atomic mass is 32.2. The number of ether oxygens (including phenoxy) is 4. The zero-order chi connectivity index (χ0) is 21.7. The van der Waals surface area contributed by atoms with Crippen LogP contribution in [-0.2, 0) is 19.6 Å². The third-order valence-corrected chi connectivity index (χ3v) is 7.17. The average molecular weight is 448 g/mol. The monoisotopic (exact) mass is 447 g/mol. The Bertz CT molecular complexity index is 1000. The van der Waals surface area contributed by atoms with E-state index in [-0.39, 0.29) is 43.1 Å². The van der Waals surface area contributed by atoms with Crippen LogP contribution in [0.5, 0.6) is 17.2 Å². The molecule has 0 amide bonds. The largest absolute Gasteiger partial charge is 0.490 e. The molecule has 2 aromatic carbocycles. The van der Waals surface area contributed by atoms with Crippen LogP contribution in [-0.4, -0.2) is 58.2 Å². The topological polar surface area (TPSA) is 91.4 Å². The van der Waals surface area contributed by atoms with Crippen LogP contribution in [0.3, 0.4) is 0 Å². The molecule has 0 N–H and O–H groups in total. The number of hydrogen-bond acceptors (Lipinski definition) is 7. The molecule has 0 bridgehead atoms. The van der Waals surface area contributed by atoms with Crippen molar-refractivity contribution in [2.45, 2.75) is 17.7 Å². The van der Waals surface area contributed by atoms with E-state index in [1.165, 1.54) is 16.4 Å². The molecule has 9 heteroatoms. The summed E-state index contributed by atoms with van der Waals surface area (Å²) in [7, 11) is -3.67. The number of carbonyl (C=O) groups is 1. The molecule has 2 aliphatic heterocycles. The predicted molar refractivity (Wildman–Crippen MR) is 112 cm³/mol. The molecular formula is C22H25NO7S. The van der Waals surface area contributed by atoms with E-state index in [4.69, 9.17) is 18.9 Å². The van der Waals surface area contributed by atoms with Crippen molar-refractivity contribution in [1.82, 2.24) is 4.31 Å². The minimum absolute atomic E-state index is 0.156. The zero-order valence-corrected chi connectivity index (χ0v) is 17.9. The van der Waals surface area contributed by atoms with Gasteiger partial charge in [0.05, 0.1) is 10.8 Å². The number of esters is 1. The standard InChI is InChI=1S/C22H25NO7S/c24-22(30-15-12-27-18-4-2-1-3-5-18)17-8-10-23(11-9-17)31(25,26)19-6-7-20-21(16-19)29-14-13-28-20/h1-7,16-17H,8-15H2. The van der Waals surface area contributed by atoms with Gasteiger partial charge in [-0.3, -0.25) is 4.79 Å². The van der Waals surface area contributed by atoms with Crippen LogP contribution in [0.15, 0.2) is 53.4 Å². The summed E-state index contributed by atoms with van der Waals surface area (Å²) in [5.41, 5.74) is 0. The van der Waals surface area contributed by atoms with E-state index in [1.807, 2.05) is 30.3 Å². The fourth-order valence-corrected chi connectivity index (χ4v) is 5.09. The molecule has 1 saturated heterocycles. The van der Waals surface area contributed by atoms with E-state index in [0.717, 1.165) is 5.75 Å². The Morgan fingerprint density at radius 3 is 2.42 bits per heavy atom. The van der Waals surface area contributed by atoms with E-state index in [1.54, 1.807) is 6.07 Å². The lowest BCUT2D eigenvalue weighted by atomic mass is 9.98. The highest BCUT2D eigenvalue weighted by molar-refractivity contribution is 7.89. The van der Waals surface area contributed by atoms with Gasteiger partial charge in [0.15, 0.2) is 11.5 Å². The van der Waals surface area contributed by atoms with Gasteiger partial charge in [-0.05, 0) is 37.1 Å². The minimum atomic E-state index is -3.67. The second-order valence-electron chi connectivity index (χ2n) is 7.31. The van der Waals surface area contributed by atoms with E-state index in [2.05, 4.69) is 0 Å². The van der Waals surface area contributed by atoms with Gasteiger partial charge in [0.2, 0.25) is 10.0 Å². The molecule has 2 aliphatic rings. The van der Waals surface area contributed by atoms with Gasteiger partial charge in [-0.2, -0.15) is 4.31 Å². The summed E-state index contributed by atoms with van der Waals surface area (Å²) in [6, 6.07) is 13.9. The van der Waals surface area contributed by atoms with Crippen LogP contribution in [0.2, 0.25) is 0 Å². The summed E-state index contributed by atoms with van der Waals surface area (Å²) in [5.74, 6) is 1.07. The average Bonchev–Trinajstić information content (AvgIpc) is 2.82. The number of nitrogens with zero attached hydrogens (tertiary/aromatic N) is 1. The normalized spacial score (nSPS) is 17.2. The molecule has 0 saturated carbocycles. The summed E-state index contributed by atoms with van der Waals surface area (Å²) in [5, 5.41) is 0. The van der Waals surface area contributed by atoms with Gasteiger partial charge in [-0.1, -0.05) is 18.2 Å². The van der Waals surface area contributed by atoms with Gasteiger partial charge < -0.3 is 18.9 Å². The Balaban J connectivity index is 1.26. The van der Waals surface area contributed by atoms with Crippen molar-refractivity contribution in [2.75, 3.05) is 39.5 Å². The van der Waals surface area contributed by atoms with Crippen molar-refractivity contribution in [3.8, 4) is 17.2 Å². The number of carbonyl (C=O) groups excluding carboxylic acids is 1. The lowest BCUT2D eigenvalue weighted by molar-refractivity contribution is -0.150. The molecule has 31 heavy (non-hydrogen) atoms. The fraction of sp³-hybridized carbons (Fsp3) is 0.409. The molecule has 0 radical (unpaired) electrons. The van der Waals surface area contributed by atoms with E-state index in [0.29, 0.717) is 37.6 Å². The Labute approximate surface area is 181 Å². The van der Waals surface area contributed by atoms with Gasteiger partial charge in [0.25, 0.3) is 0 Å². The predicted octanol–water partition coefficient (Wildman–Crippen LogP) is 2.48.